The highest BCUT2D eigenvalue weighted by Crippen LogP contribution is 2.30. The van der Waals surface area contributed by atoms with Crippen LogP contribution in [0.5, 0.6) is 0 Å². The lowest BCUT2D eigenvalue weighted by molar-refractivity contribution is -0.157. The minimum absolute atomic E-state index is 0.104. The van der Waals surface area contributed by atoms with E-state index in [0.717, 1.165) is 0 Å². The molecule has 0 saturated carbocycles. The van der Waals surface area contributed by atoms with Crippen molar-refractivity contribution in [3.8, 4) is 0 Å². The molecule has 106 valence electrons. The molecule has 0 aromatic carbocycles. The number of hydrogen-bond donors (Lipinski definition) is 1. The van der Waals surface area contributed by atoms with Gasteiger partial charge in [-0.05, 0) is 13.0 Å². The number of aryl methyl sites for hydroxylation is 1. The van der Waals surface area contributed by atoms with Gasteiger partial charge in [0, 0.05) is 20.1 Å². The first-order valence-corrected chi connectivity index (χ1v) is 7.02. The molecule has 0 radical (unpaired) electrons. The third kappa shape index (κ3) is 2.62. The number of sulfonamides is 1. The summed E-state index contributed by atoms with van der Waals surface area (Å²) in [5.74, 6) is -1.07. The zero-order valence-corrected chi connectivity index (χ0v) is 11.4. The van der Waals surface area contributed by atoms with Gasteiger partial charge >= 0.3 is 5.97 Å². The average Bonchev–Trinajstić information content (AvgIpc) is 2.69. The Labute approximate surface area is 110 Å². The van der Waals surface area contributed by atoms with Gasteiger partial charge in [0.2, 0.25) is 0 Å². The number of rotatable bonds is 5. The van der Waals surface area contributed by atoms with Crippen molar-refractivity contribution in [3.05, 3.63) is 12.3 Å². The number of hydrogen-bond acceptors (Lipinski definition) is 5. The van der Waals surface area contributed by atoms with E-state index in [0.29, 0.717) is 0 Å². The van der Waals surface area contributed by atoms with E-state index in [1.165, 1.54) is 21.3 Å². The first-order valence-electron chi connectivity index (χ1n) is 5.58. The molecule has 1 aromatic heterocycles. The van der Waals surface area contributed by atoms with Gasteiger partial charge in [-0.25, -0.2) is 13.2 Å². The Morgan fingerprint density at radius 2 is 2.21 bits per heavy atom. The van der Waals surface area contributed by atoms with E-state index >= 15 is 0 Å². The molecular formula is C10H15N3O5S. The van der Waals surface area contributed by atoms with Gasteiger partial charge in [0.15, 0.2) is 5.03 Å². The van der Waals surface area contributed by atoms with Gasteiger partial charge in [0.05, 0.1) is 11.8 Å². The molecule has 0 atom stereocenters. The van der Waals surface area contributed by atoms with Crippen LogP contribution in [0.2, 0.25) is 0 Å². The Hall–Kier alpha value is -1.45. The zero-order chi connectivity index (χ0) is 14.3. The number of aliphatic carboxylic acids is 1. The van der Waals surface area contributed by atoms with Crippen LogP contribution < -0.4 is 0 Å². The normalized spacial score (nSPS) is 19.1. The maximum absolute atomic E-state index is 12.2. The molecule has 8 nitrogen and oxygen atoms in total. The van der Waals surface area contributed by atoms with Crippen LogP contribution in [-0.4, -0.2) is 58.9 Å². The van der Waals surface area contributed by atoms with Gasteiger partial charge in [0.1, 0.15) is 6.61 Å². The minimum Gasteiger partial charge on any atom is -0.480 e. The molecule has 0 unspecified atom stereocenters. The van der Waals surface area contributed by atoms with Crippen LogP contribution in [0.15, 0.2) is 17.3 Å². The van der Waals surface area contributed by atoms with Crippen LogP contribution in [0.25, 0.3) is 0 Å². The van der Waals surface area contributed by atoms with Crippen LogP contribution >= 0.6 is 0 Å². The molecule has 19 heavy (non-hydrogen) atoms. The fourth-order valence-corrected chi connectivity index (χ4v) is 3.71. The fourth-order valence-electron chi connectivity index (χ4n) is 1.94. The first-order chi connectivity index (χ1) is 8.74. The molecule has 1 saturated heterocycles. The van der Waals surface area contributed by atoms with E-state index in [2.05, 4.69) is 5.10 Å². The maximum Gasteiger partial charge on any atom is 0.329 e. The highest BCUT2D eigenvalue weighted by Gasteiger charge is 2.47. The summed E-state index contributed by atoms with van der Waals surface area (Å²) >= 11 is 0. The molecule has 2 rings (SSSR count). The van der Waals surface area contributed by atoms with E-state index in [-0.39, 0.29) is 18.1 Å². The lowest BCUT2D eigenvalue weighted by Gasteiger charge is -2.45. The second kappa shape index (κ2) is 4.58. The third-order valence-corrected chi connectivity index (χ3v) is 4.81. The Bertz CT molecular complexity index is 588. The summed E-state index contributed by atoms with van der Waals surface area (Å²) in [5.41, 5.74) is -0.746. The van der Waals surface area contributed by atoms with E-state index in [1.807, 2.05) is 0 Å². The number of carboxylic acid groups (broad SMARTS) is 1. The number of ether oxygens (including phenoxy) is 1. The third-order valence-electron chi connectivity index (χ3n) is 2.95. The molecule has 9 heteroatoms. The van der Waals surface area contributed by atoms with Crippen LogP contribution in [0.3, 0.4) is 0 Å². The van der Waals surface area contributed by atoms with Crippen molar-refractivity contribution in [2.24, 2.45) is 7.05 Å². The van der Waals surface area contributed by atoms with E-state index in [9.17, 15) is 13.2 Å². The lowest BCUT2D eigenvalue weighted by Crippen LogP contribution is -2.63. The highest BCUT2D eigenvalue weighted by molar-refractivity contribution is 7.89. The van der Waals surface area contributed by atoms with Crippen LogP contribution in [-0.2, 0) is 26.6 Å². The van der Waals surface area contributed by atoms with Crippen molar-refractivity contribution in [1.29, 1.82) is 0 Å². The summed E-state index contributed by atoms with van der Waals surface area (Å²) in [6.07, 6.45) is 1.41. The molecular weight excluding hydrogens is 274 g/mol. The van der Waals surface area contributed by atoms with Gasteiger partial charge in [-0.15, -0.1) is 0 Å². The molecule has 1 aliphatic rings. The van der Waals surface area contributed by atoms with E-state index < -0.39 is 28.2 Å². The van der Waals surface area contributed by atoms with Crippen LogP contribution in [0, 0.1) is 0 Å². The molecule has 1 aliphatic heterocycles. The van der Waals surface area contributed by atoms with Gasteiger partial charge < -0.3 is 9.84 Å². The molecule has 2 heterocycles. The molecule has 1 aromatic rings. The van der Waals surface area contributed by atoms with E-state index in [1.54, 1.807) is 14.0 Å². The number of aromatic nitrogens is 2. The number of nitrogens with zero attached hydrogens (tertiary/aromatic N) is 3. The Balaban J connectivity index is 2.04. The summed E-state index contributed by atoms with van der Waals surface area (Å²) in [6, 6.07) is 1.42. The summed E-state index contributed by atoms with van der Waals surface area (Å²) in [6.45, 7) is 1.52. The summed E-state index contributed by atoms with van der Waals surface area (Å²) in [4.78, 5) is 10.4. The topological polar surface area (TPSA) is 102 Å². The predicted molar refractivity (Wildman–Crippen MR) is 64.0 cm³/mol. The van der Waals surface area contributed by atoms with Gasteiger partial charge in [-0.1, -0.05) is 0 Å². The smallest absolute Gasteiger partial charge is 0.329 e. The molecule has 0 bridgehead atoms. The van der Waals surface area contributed by atoms with Crippen molar-refractivity contribution >= 4 is 16.0 Å². The minimum atomic E-state index is -3.59. The quantitative estimate of drug-likeness (QED) is 0.768. The van der Waals surface area contributed by atoms with Crippen LogP contribution in [0.1, 0.15) is 6.92 Å². The maximum atomic E-state index is 12.2. The van der Waals surface area contributed by atoms with Gasteiger partial charge in [-0.3, -0.25) is 4.68 Å². The predicted octanol–water partition coefficient (Wildman–Crippen LogP) is -0.716. The zero-order valence-electron chi connectivity index (χ0n) is 10.6. The van der Waals surface area contributed by atoms with Crippen molar-refractivity contribution in [2.45, 2.75) is 17.6 Å². The second-order valence-corrected chi connectivity index (χ2v) is 6.58. The van der Waals surface area contributed by atoms with Gasteiger partial charge in [-0.2, -0.15) is 9.40 Å². The molecule has 0 spiro atoms. The Morgan fingerprint density at radius 3 is 2.68 bits per heavy atom. The second-order valence-electron chi connectivity index (χ2n) is 4.70. The molecule has 0 aliphatic carbocycles. The standard InChI is InChI=1S/C10H15N3O5S/c1-10(18-5-9(14)15)6-13(7-10)19(16,17)8-3-4-11-12(8)2/h3-4H,5-7H2,1-2H3,(H,14,15). The monoisotopic (exact) mass is 289 g/mol. The van der Waals surface area contributed by atoms with Crippen molar-refractivity contribution < 1.29 is 23.1 Å². The molecule has 0 amide bonds. The van der Waals surface area contributed by atoms with Crippen molar-refractivity contribution in [2.75, 3.05) is 19.7 Å². The number of carbonyl (C=O) groups is 1. The van der Waals surface area contributed by atoms with Crippen molar-refractivity contribution in [1.82, 2.24) is 14.1 Å². The average molecular weight is 289 g/mol. The van der Waals surface area contributed by atoms with E-state index in [4.69, 9.17) is 9.84 Å². The summed E-state index contributed by atoms with van der Waals surface area (Å²) in [7, 11) is -2.04. The Morgan fingerprint density at radius 1 is 1.58 bits per heavy atom. The fraction of sp³-hybridized carbons (Fsp3) is 0.600. The van der Waals surface area contributed by atoms with Crippen LogP contribution in [0.4, 0.5) is 0 Å². The molecule has 1 fully saturated rings. The summed E-state index contributed by atoms with van der Waals surface area (Å²) < 4.78 is 32.1. The largest absolute Gasteiger partial charge is 0.480 e. The summed E-state index contributed by atoms with van der Waals surface area (Å²) in [5, 5.41) is 12.5. The Kier molecular flexibility index (Phi) is 3.37. The van der Waals surface area contributed by atoms with Gasteiger partial charge in [0.25, 0.3) is 10.0 Å². The molecule has 1 N–H and O–H groups in total. The highest BCUT2D eigenvalue weighted by atomic mass is 32.2. The van der Waals surface area contributed by atoms with Crippen molar-refractivity contribution in [3.63, 3.8) is 0 Å². The lowest BCUT2D eigenvalue weighted by atomic mass is 10.0. The number of carboxylic acids is 1. The SMILES string of the molecule is Cn1nccc1S(=O)(=O)N1CC(C)(OCC(=O)O)C1. The first kappa shape index (κ1) is 14.0.